The molecule has 2 aliphatic rings. The monoisotopic (exact) mass is 325 g/mol. The lowest BCUT2D eigenvalue weighted by Gasteiger charge is -2.44. The normalized spacial score (nSPS) is 22.4. The summed E-state index contributed by atoms with van der Waals surface area (Å²) in [4.78, 5) is 16.8. The summed E-state index contributed by atoms with van der Waals surface area (Å²) in [6.07, 6.45) is 4.98. The largest absolute Gasteiger partial charge is 0.341 e. The quantitative estimate of drug-likeness (QED) is 0.863. The lowest BCUT2D eigenvalue weighted by atomic mass is 9.76. The minimum absolute atomic E-state index is 0. The molecule has 2 N–H and O–H groups in total. The van der Waals surface area contributed by atoms with Crippen molar-refractivity contribution < 1.29 is 4.79 Å². The van der Waals surface area contributed by atoms with Crippen LogP contribution in [0.25, 0.3) is 0 Å². The van der Waals surface area contributed by atoms with Crippen molar-refractivity contribution in [3.05, 3.63) is 0 Å². The second kappa shape index (κ2) is 7.83. The first-order chi connectivity index (χ1) is 8.44. The first-order valence-electron chi connectivity index (χ1n) is 7.24. The number of piperidine rings is 1. The first-order valence-corrected chi connectivity index (χ1v) is 7.24. The number of likely N-dealkylation sites (tertiary alicyclic amines) is 1. The van der Waals surface area contributed by atoms with E-state index in [2.05, 4.69) is 18.7 Å². The van der Waals surface area contributed by atoms with E-state index >= 15 is 0 Å². The van der Waals surface area contributed by atoms with Crippen molar-refractivity contribution in [1.29, 1.82) is 0 Å². The van der Waals surface area contributed by atoms with Gasteiger partial charge in [-0.3, -0.25) is 4.79 Å². The molecule has 1 amide bonds. The standard InChI is InChI=1S/C14H27N3O.2ClH/c1-11(2)17-9-5-12(6-10-17)16(3)13(18)14(15)7-4-8-14;;/h11-12H,4-10,15H2,1-3H3;2*1H. The molecule has 6 heteroatoms. The summed E-state index contributed by atoms with van der Waals surface area (Å²) in [6, 6.07) is 0.993. The van der Waals surface area contributed by atoms with Crippen molar-refractivity contribution in [2.75, 3.05) is 20.1 Å². The van der Waals surface area contributed by atoms with Crippen LogP contribution in [0.2, 0.25) is 0 Å². The fourth-order valence-corrected chi connectivity index (χ4v) is 3.08. The van der Waals surface area contributed by atoms with Gasteiger partial charge in [0.05, 0.1) is 5.54 Å². The van der Waals surface area contributed by atoms with Crippen LogP contribution in [0.4, 0.5) is 0 Å². The zero-order chi connectivity index (χ0) is 13.3. The third-order valence-electron chi connectivity index (χ3n) is 4.77. The maximum absolute atomic E-state index is 12.3. The highest BCUT2D eigenvalue weighted by atomic mass is 35.5. The van der Waals surface area contributed by atoms with E-state index in [1.165, 1.54) is 0 Å². The van der Waals surface area contributed by atoms with E-state index in [0.717, 1.165) is 45.2 Å². The Labute approximate surface area is 135 Å². The average Bonchev–Trinajstić information content (AvgIpc) is 2.34. The highest BCUT2D eigenvalue weighted by Crippen LogP contribution is 2.32. The van der Waals surface area contributed by atoms with Crippen LogP contribution in [0, 0.1) is 0 Å². The molecule has 1 aliphatic carbocycles. The molecule has 0 aromatic heterocycles. The van der Waals surface area contributed by atoms with Gasteiger partial charge in [0, 0.05) is 32.2 Å². The molecule has 0 bridgehead atoms. The predicted octanol–water partition coefficient (Wildman–Crippen LogP) is 2.04. The van der Waals surface area contributed by atoms with Gasteiger partial charge in [-0.25, -0.2) is 0 Å². The Morgan fingerprint density at radius 3 is 2.10 bits per heavy atom. The number of amides is 1. The summed E-state index contributed by atoms with van der Waals surface area (Å²) < 4.78 is 0. The second-order valence-electron chi connectivity index (χ2n) is 6.29. The molecule has 1 saturated carbocycles. The lowest BCUT2D eigenvalue weighted by molar-refractivity contribution is -0.141. The van der Waals surface area contributed by atoms with Gasteiger partial charge in [-0.2, -0.15) is 0 Å². The summed E-state index contributed by atoms with van der Waals surface area (Å²) in [5.41, 5.74) is 5.59. The van der Waals surface area contributed by atoms with E-state index in [1.807, 2.05) is 11.9 Å². The molecule has 0 spiro atoms. The van der Waals surface area contributed by atoms with E-state index in [1.54, 1.807) is 0 Å². The van der Waals surface area contributed by atoms with E-state index in [-0.39, 0.29) is 30.7 Å². The van der Waals surface area contributed by atoms with Gasteiger partial charge in [0.25, 0.3) is 0 Å². The summed E-state index contributed by atoms with van der Waals surface area (Å²) >= 11 is 0. The fourth-order valence-electron chi connectivity index (χ4n) is 3.08. The van der Waals surface area contributed by atoms with Crippen LogP contribution in [0.15, 0.2) is 0 Å². The van der Waals surface area contributed by atoms with Crippen molar-refractivity contribution >= 4 is 30.7 Å². The zero-order valence-corrected chi connectivity index (χ0v) is 14.4. The molecule has 2 fully saturated rings. The number of nitrogens with two attached hydrogens (primary N) is 1. The third-order valence-corrected chi connectivity index (χ3v) is 4.77. The fraction of sp³-hybridized carbons (Fsp3) is 0.929. The number of hydrogen-bond donors (Lipinski definition) is 1. The van der Waals surface area contributed by atoms with Crippen molar-refractivity contribution in [2.24, 2.45) is 5.73 Å². The number of carbonyl (C=O) groups excluding carboxylic acids is 1. The Morgan fingerprint density at radius 1 is 1.25 bits per heavy atom. The smallest absolute Gasteiger partial charge is 0.242 e. The highest BCUT2D eigenvalue weighted by molar-refractivity contribution is 5.87. The maximum atomic E-state index is 12.3. The van der Waals surface area contributed by atoms with Gasteiger partial charge in [0.1, 0.15) is 0 Å². The highest BCUT2D eigenvalue weighted by Gasteiger charge is 2.43. The molecule has 1 saturated heterocycles. The van der Waals surface area contributed by atoms with E-state index in [4.69, 9.17) is 5.73 Å². The Bertz CT molecular complexity index is 314. The average molecular weight is 326 g/mol. The summed E-state index contributed by atoms with van der Waals surface area (Å²) in [6.45, 7) is 6.66. The molecule has 120 valence electrons. The Kier molecular flexibility index (Phi) is 7.82. The van der Waals surface area contributed by atoms with Crippen molar-refractivity contribution in [3.63, 3.8) is 0 Å². The van der Waals surface area contributed by atoms with E-state index in [9.17, 15) is 4.79 Å². The Morgan fingerprint density at radius 2 is 1.75 bits per heavy atom. The summed E-state index contributed by atoms with van der Waals surface area (Å²) in [5, 5.41) is 0. The maximum Gasteiger partial charge on any atom is 0.242 e. The number of rotatable bonds is 3. The van der Waals surface area contributed by atoms with Crippen LogP contribution in [-0.4, -0.2) is 53.5 Å². The van der Waals surface area contributed by atoms with Crippen LogP contribution < -0.4 is 5.73 Å². The molecule has 0 aromatic rings. The van der Waals surface area contributed by atoms with Crippen LogP contribution in [0.5, 0.6) is 0 Å². The van der Waals surface area contributed by atoms with Crippen LogP contribution in [0.3, 0.4) is 0 Å². The minimum Gasteiger partial charge on any atom is -0.341 e. The number of hydrogen-bond acceptors (Lipinski definition) is 3. The number of nitrogens with zero attached hydrogens (tertiary/aromatic N) is 2. The molecular weight excluding hydrogens is 297 g/mol. The van der Waals surface area contributed by atoms with Crippen molar-refractivity contribution in [2.45, 2.75) is 63.6 Å². The van der Waals surface area contributed by atoms with Crippen LogP contribution in [-0.2, 0) is 4.79 Å². The first kappa shape index (κ1) is 20.0. The summed E-state index contributed by atoms with van der Waals surface area (Å²) in [7, 11) is 1.94. The molecule has 4 nitrogen and oxygen atoms in total. The van der Waals surface area contributed by atoms with Gasteiger partial charge in [-0.15, -0.1) is 24.8 Å². The molecule has 1 heterocycles. The lowest BCUT2D eigenvalue weighted by Crippen LogP contribution is -2.61. The third kappa shape index (κ3) is 4.00. The molecule has 0 unspecified atom stereocenters. The molecule has 1 aliphatic heterocycles. The Balaban J connectivity index is 0.00000180. The molecule has 0 atom stereocenters. The van der Waals surface area contributed by atoms with Gasteiger partial charge in [-0.1, -0.05) is 0 Å². The number of likely N-dealkylation sites (N-methyl/N-ethyl adjacent to an activating group) is 1. The molecule has 0 aromatic carbocycles. The molecule has 20 heavy (non-hydrogen) atoms. The van der Waals surface area contributed by atoms with Gasteiger partial charge >= 0.3 is 0 Å². The van der Waals surface area contributed by atoms with Gasteiger partial charge in [0.2, 0.25) is 5.91 Å². The van der Waals surface area contributed by atoms with E-state index in [0.29, 0.717) is 12.1 Å². The topological polar surface area (TPSA) is 49.6 Å². The van der Waals surface area contributed by atoms with Crippen molar-refractivity contribution in [1.82, 2.24) is 9.80 Å². The van der Waals surface area contributed by atoms with E-state index < -0.39 is 5.54 Å². The van der Waals surface area contributed by atoms with Gasteiger partial charge in [-0.05, 0) is 46.0 Å². The molecule has 0 radical (unpaired) electrons. The zero-order valence-electron chi connectivity index (χ0n) is 12.8. The summed E-state index contributed by atoms with van der Waals surface area (Å²) in [5.74, 6) is 0.164. The molecule has 2 rings (SSSR count). The Hall–Kier alpha value is -0.0300. The number of halogens is 2. The van der Waals surface area contributed by atoms with Crippen molar-refractivity contribution in [3.8, 4) is 0 Å². The molecular formula is C14H29Cl2N3O. The SMILES string of the molecule is CC(C)N1CCC(N(C)C(=O)C2(N)CCC2)CC1.Cl.Cl. The number of carbonyl (C=O) groups is 1. The predicted molar refractivity (Wildman–Crippen MR) is 87.8 cm³/mol. The second-order valence-corrected chi connectivity index (χ2v) is 6.29. The minimum atomic E-state index is -0.538. The van der Waals surface area contributed by atoms with Gasteiger partial charge < -0.3 is 15.5 Å². The van der Waals surface area contributed by atoms with Crippen LogP contribution >= 0.6 is 24.8 Å². The van der Waals surface area contributed by atoms with Crippen LogP contribution in [0.1, 0.15) is 46.0 Å². The van der Waals surface area contributed by atoms with Gasteiger partial charge in [0.15, 0.2) is 0 Å².